The lowest BCUT2D eigenvalue weighted by molar-refractivity contribution is -0.172. The molecule has 0 saturated heterocycles. The molecule has 2 fully saturated rings. The number of rotatable bonds is 9. The second kappa shape index (κ2) is 7.05. The van der Waals surface area contributed by atoms with E-state index in [1.165, 1.54) is 38.5 Å². The van der Waals surface area contributed by atoms with Gasteiger partial charge in [-0.15, -0.1) is 0 Å². The molecular weight excluding hydrogens is 238 g/mol. The molecule has 0 heterocycles. The topological polar surface area (TPSA) is 30.5 Å². The molecule has 3 heteroatoms. The van der Waals surface area contributed by atoms with E-state index < -0.39 is 0 Å². The summed E-state index contributed by atoms with van der Waals surface area (Å²) in [5.74, 6) is 0. The Morgan fingerprint density at radius 3 is 2.63 bits per heavy atom. The molecule has 2 rings (SSSR count). The number of unbranched alkanes of at least 4 members (excludes halogenated alkanes) is 1. The van der Waals surface area contributed by atoms with Crippen LogP contribution in [-0.4, -0.2) is 38.0 Å². The summed E-state index contributed by atoms with van der Waals surface area (Å²) in [6, 6.07) is 0.712. The fraction of sp³-hybridized carbons (Fsp3) is 1.00. The third-order valence-electron chi connectivity index (χ3n) is 4.85. The first-order chi connectivity index (χ1) is 9.19. The van der Waals surface area contributed by atoms with Gasteiger partial charge < -0.3 is 14.8 Å². The number of hydrogen-bond acceptors (Lipinski definition) is 3. The first-order valence-corrected chi connectivity index (χ1v) is 8.15. The highest BCUT2D eigenvalue weighted by molar-refractivity contribution is 5.11. The van der Waals surface area contributed by atoms with Gasteiger partial charge in [0.1, 0.15) is 0 Å². The third-order valence-corrected chi connectivity index (χ3v) is 4.85. The second-order valence-electron chi connectivity index (χ2n) is 6.40. The van der Waals surface area contributed by atoms with Crippen LogP contribution in [0.15, 0.2) is 0 Å². The molecule has 2 atom stereocenters. The average Bonchev–Trinajstić information content (AvgIpc) is 2.28. The van der Waals surface area contributed by atoms with Crippen molar-refractivity contribution in [3.63, 3.8) is 0 Å². The van der Waals surface area contributed by atoms with Crippen molar-refractivity contribution in [2.24, 2.45) is 5.41 Å². The Kier molecular flexibility index (Phi) is 5.67. The van der Waals surface area contributed by atoms with Gasteiger partial charge >= 0.3 is 0 Å². The van der Waals surface area contributed by atoms with Gasteiger partial charge in [0.15, 0.2) is 0 Å². The van der Waals surface area contributed by atoms with E-state index in [0.717, 1.165) is 19.8 Å². The Morgan fingerprint density at radius 1 is 1.26 bits per heavy atom. The molecule has 1 spiro atoms. The van der Waals surface area contributed by atoms with Crippen LogP contribution in [0.2, 0.25) is 0 Å². The van der Waals surface area contributed by atoms with Crippen molar-refractivity contribution in [3.8, 4) is 0 Å². The standard InChI is InChI=1S/C16H31NO2/c1-4-18-15-12-14(16(15)8-7-9-16)17-10-5-6-11-19-13(2)3/h13-15,17H,4-12H2,1-3H3. The molecule has 0 aliphatic heterocycles. The first kappa shape index (κ1) is 15.3. The SMILES string of the molecule is CCOC1CC(NCCCCOC(C)C)C12CCC2. The van der Waals surface area contributed by atoms with E-state index in [-0.39, 0.29) is 0 Å². The van der Waals surface area contributed by atoms with E-state index >= 15 is 0 Å². The van der Waals surface area contributed by atoms with Gasteiger partial charge in [-0.05, 0) is 59.4 Å². The second-order valence-corrected chi connectivity index (χ2v) is 6.40. The van der Waals surface area contributed by atoms with Crippen LogP contribution in [-0.2, 0) is 9.47 Å². The molecule has 0 aromatic heterocycles. The van der Waals surface area contributed by atoms with Gasteiger partial charge in [0, 0.05) is 24.7 Å². The maximum atomic E-state index is 5.88. The predicted octanol–water partition coefficient (Wildman–Crippen LogP) is 3.13. The quantitative estimate of drug-likeness (QED) is 0.652. The Bertz CT molecular complexity index is 263. The van der Waals surface area contributed by atoms with Crippen molar-refractivity contribution in [2.75, 3.05) is 19.8 Å². The van der Waals surface area contributed by atoms with E-state index in [1.54, 1.807) is 0 Å². The minimum Gasteiger partial charge on any atom is -0.379 e. The minimum absolute atomic E-state index is 0.366. The Morgan fingerprint density at radius 2 is 2.05 bits per heavy atom. The van der Waals surface area contributed by atoms with Crippen LogP contribution < -0.4 is 5.32 Å². The average molecular weight is 269 g/mol. The lowest BCUT2D eigenvalue weighted by Crippen LogP contribution is -2.66. The zero-order valence-corrected chi connectivity index (χ0v) is 12.9. The zero-order valence-electron chi connectivity index (χ0n) is 12.9. The smallest absolute Gasteiger partial charge is 0.0661 e. The highest BCUT2D eigenvalue weighted by Gasteiger charge is 2.58. The Labute approximate surface area is 118 Å². The van der Waals surface area contributed by atoms with Crippen LogP contribution in [0, 0.1) is 5.41 Å². The highest BCUT2D eigenvalue weighted by Crippen LogP contribution is 2.57. The number of ether oxygens (including phenoxy) is 2. The van der Waals surface area contributed by atoms with Crippen LogP contribution in [0.3, 0.4) is 0 Å². The molecule has 3 nitrogen and oxygen atoms in total. The maximum absolute atomic E-state index is 5.88. The molecule has 112 valence electrons. The molecule has 1 N–H and O–H groups in total. The van der Waals surface area contributed by atoms with Crippen molar-refractivity contribution in [1.82, 2.24) is 5.32 Å². The number of nitrogens with one attached hydrogen (secondary N) is 1. The largest absolute Gasteiger partial charge is 0.379 e. The van der Waals surface area contributed by atoms with Crippen molar-refractivity contribution in [1.29, 1.82) is 0 Å². The summed E-state index contributed by atoms with van der Waals surface area (Å²) in [5, 5.41) is 3.75. The molecule has 2 aliphatic carbocycles. The van der Waals surface area contributed by atoms with E-state index in [0.29, 0.717) is 23.7 Å². The van der Waals surface area contributed by atoms with Crippen LogP contribution in [0.4, 0.5) is 0 Å². The lowest BCUT2D eigenvalue weighted by atomic mass is 9.51. The molecule has 19 heavy (non-hydrogen) atoms. The number of hydrogen-bond donors (Lipinski definition) is 1. The summed E-state index contributed by atoms with van der Waals surface area (Å²) in [7, 11) is 0. The van der Waals surface area contributed by atoms with E-state index in [9.17, 15) is 0 Å². The molecular formula is C16H31NO2. The van der Waals surface area contributed by atoms with Crippen LogP contribution in [0.5, 0.6) is 0 Å². The van der Waals surface area contributed by atoms with Crippen molar-refractivity contribution >= 4 is 0 Å². The molecule has 0 aromatic rings. The van der Waals surface area contributed by atoms with Crippen molar-refractivity contribution in [2.45, 2.75) is 77.5 Å². The summed E-state index contributed by atoms with van der Waals surface area (Å²) < 4.78 is 11.4. The van der Waals surface area contributed by atoms with Gasteiger partial charge in [-0.1, -0.05) is 6.42 Å². The van der Waals surface area contributed by atoms with Gasteiger partial charge in [0.25, 0.3) is 0 Å². The minimum atomic E-state index is 0.366. The molecule has 0 bridgehead atoms. The van der Waals surface area contributed by atoms with Gasteiger partial charge in [-0.2, -0.15) is 0 Å². The van der Waals surface area contributed by atoms with Gasteiger partial charge in [0.05, 0.1) is 12.2 Å². The van der Waals surface area contributed by atoms with Gasteiger partial charge in [0.2, 0.25) is 0 Å². The molecule has 2 saturated carbocycles. The summed E-state index contributed by atoms with van der Waals surface area (Å²) >= 11 is 0. The van der Waals surface area contributed by atoms with E-state index in [1.807, 2.05) is 0 Å². The summed E-state index contributed by atoms with van der Waals surface area (Å²) in [4.78, 5) is 0. The predicted molar refractivity (Wildman–Crippen MR) is 78.4 cm³/mol. The van der Waals surface area contributed by atoms with Crippen LogP contribution in [0.1, 0.15) is 59.3 Å². The fourth-order valence-electron chi connectivity index (χ4n) is 3.55. The molecule has 0 aromatic carbocycles. The highest BCUT2D eigenvalue weighted by atomic mass is 16.5. The van der Waals surface area contributed by atoms with E-state index in [4.69, 9.17) is 9.47 Å². The van der Waals surface area contributed by atoms with Crippen molar-refractivity contribution < 1.29 is 9.47 Å². The molecule has 0 amide bonds. The lowest BCUT2D eigenvalue weighted by Gasteiger charge is -2.61. The summed E-state index contributed by atoms with van der Waals surface area (Å²) in [5.41, 5.74) is 0.504. The van der Waals surface area contributed by atoms with E-state index in [2.05, 4.69) is 26.1 Å². The van der Waals surface area contributed by atoms with Gasteiger partial charge in [-0.3, -0.25) is 0 Å². The Hall–Kier alpha value is -0.120. The molecule has 2 unspecified atom stereocenters. The summed E-state index contributed by atoms with van der Waals surface area (Å²) in [6.45, 7) is 9.21. The van der Waals surface area contributed by atoms with Crippen LogP contribution >= 0.6 is 0 Å². The molecule has 0 radical (unpaired) electrons. The zero-order chi connectivity index (χ0) is 13.7. The van der Waals surface area contributed by atoms with Gasteiger partial charge in [-0.25, -0.2) is 0 Å². The monoisotopic (exact) mass is 269 g/mol. The summed E-state index contributed by atoms with van der Waals surface area (Å²) in [6.07, 6.45) is 8.63. The molecule has 2 aliphatic rings. The first-order valence-electron chi connectivity index (χ1n) is 8.15. The van der Waals surface area contributed by atoms with Crippen molar-refractivity contribution in [3.05, 3.63) is 0 Å². The third kappa shape index (κ3) is 3.50. The normalized spacial score (nSPS) is 28.4. The Balaban J connectivity index is 1.57. The van der Waals surface area contributed by atoms with Crippen LogP contribution in [0.25, 0.3) is 0 Å². The fourth-order valence-corrected chi connectivity index (χ4v) is 3.55. The maximum Gasteiger partial charge on any atom is 0.0661 e.